The molecule has 0 radical (unpaired) electrons. The van der Waals surface area contributed by atoms with Gasteiger partial charge in [-0.1, -0.05) is 23.7 Å². The predicted octanol–water partition coefficient (Wildman–Crippen LogP) is 0.784. The lowest BCUT2D eigenvalue weighted by Gasteiger charge is -2.11. The molecule has 0 aliphatic heterocycles. The lowest BCUT2D eigenvalue weighted by atomic mass is 9.95. The normalized spacial score (nSPS) is 12.1. The van der Waals surface area contributed by atoms with E-state index in [0.717, 1.165) is 0 Å². The van der Waals surface area contributed by atoms with E-state index in [1.54, 1.807) is 24.3 Å². The Balaban J connectivity index is 2.98. The van der Waals surface area contributed by atoms with Crippen molar-refractivity contribution < 1.29 is 9.59 Å². The minimum absolute atomic E-state index is 0.102. The first-order chi connectivity index (χ1) is 7.00. The minimum Gasteiger partial charge on any atom is -0.370 e. The van der Waals surface area contributed by atoms with Crippen LogP contribution in [0.15, 0.2) is 24.3 Å². The standard InChI is InChI=1S/C10H11ClN2O2/c11-7-3-1-2-6(4-7)8(10(13)15)5-9(12)14/h1-4,8H,5H2,(H2,12,14)(H2,13,15). The summed E-state index contributed by atoms with van der Waals surface area (Å²) in [4.78, 5) is 21.9. The summed E-state index contributed by atoms with van der Waals surface area (Å²) in [5.74, 6) is -1.86. The molecule has 1 rings (SSSR count). The van der Waals surface area contributed by atoms with E-state index in [2.05, 4.69) is 0 Å². The zero-order valence-corrected chi connectivity index (χ0v) is 8.70. The summed E-state index contributed by atoms with van der Waals surface area (Å²) in [7, 11) is 0. The second-order valence-electron chi connectivity index (χ2n) is 3.18. The van der Waals surface area contributed by atoms with Gasteiger partial charge in [-0.25, -0.2) is 0 Å². The van der Waals surface area contributed by atoms with E-state index in [1.165, 1.54) is 0 Å². The SMILES string of the molecule is NC(=O)CC(C(N)=O)c1cccc(Cl)c1. The highest BCUT2D eigenvalue weighted by atomic mass is 35.5. The average molecular weight is 227 g/mol. The average Bonchev–Trinajstić information content (AvgIpc) is 2.13. The quantitative estimate of drug-likeness (QED) is 0.795. The van der Waals surface area contributed by atoms with Crippen LogP contribution in [0, 0.1) is 0 Å². The largest absolute Gasteiger partial charge is 0.370 e. The molecule has 1 unspecified atom stereocenters. The van der Waals surface area contributed by atoms with Crippen LogP contribution in [-0.4, -0.2) is 11.8 Å². The van der Waals surface area contributed by atoms with Gasteiger partial charge in [-0.3, -0.25) is 9.59 Å². The van der Waals surface area contributed by atoms with E-state index in [0.29, 0.717) is 10.6 Å². The van der Waals surface area contributed by atoms with Gasteiger partial charge in [0.05, 0.1) is 5.92 Å². The number of hydrogen-bond donors (Lipinski definition) is 2. The summed E-state index contributed by atoms with van der Waals surface area (Å²) in [5.41, 5.74) is 10.8. The first-order valence-corrected chi connectivity index (χ1v) is 4.71. The van der Waals surface area contributed by atoms with E-state index in [4.69, 9.17) is 23.1 Å². The molecule has 1 aromatic rings. The summed E-state index contributed by atoms with van der Waals surface area (Å²) in [5, 5.41) is 0.489. The van der Waals surface area contributed by atoms with Crippen molar-refractivity contribution in [3.8, 4) is 0 Å². The summed E-state index contributed by atoms with van der Waals surface area (Å²) in [6, 6.07) is 6.64. The second-order valence-corrected chi connectivity index (χ2v) is 3.62. The van der Waals surface area contributed by atoms with Crippen molar-refractivity contribution >= 4 is 23.4 Å². The number of carbonyl (C=O) groups excluding carboxylic acids is 2. The summed E-state index contributed by atoms with van der Waals surface area (Å²) in [6.45, 7) is 0. The zero-order chi connectivity index (χ0) is 11.4. The van der Waals surface area contributed by atoms with Crippen LogP contribution in [0.25, 0.3) is 0 Å². The van der Waals surface area contributed by atoms with Crippen LogP contribution in [0.3, 0.4) is 0 Å². The molecule has 5 heteroatoms. The third kappa shape index (κ3) is 3.25. The van der Waals surface area contributed by atoms with Gasteiger partial charge >= 0.3 is 0 Å². The monoisotopic (exact) mass is 226 g/mol. The molecule has 15 heavy (non-hydrogen) atoms. The molecular weight excluding hydrogens is 216 g/mol. The van der Waals surface area contributed by atoms with Gasteiger partial charge < -0.3 is 11.5 Å². The highest BCUT2D eigenvalue weighted by Crippen LogP contribution is 2.22. The van der Waals surface area contributed by atoms with Gasteiger partial charge in [0.15, 0.2) is 0 Å². The van der Waals surface area contributed by atoms with E-state index in [9.17, 15) is 9.59 Å². The fraction of sp³-hybridized carbons (Fsp3) is 0.200. The Morgan fingerprint density at radius 2 is 2.00 bits per heavy atom. The molecule has 1 atom stereocenters. The van der Waals surface area contributed by atoms with Gasteiger partial charge in [0.1, 0.15) is 0 Å². The van der Waals surface area contributed by atoms with Crippen LogP contribution < -0.4 is 11.5 Å². The number of primary amides is 2. The van der Waals surface area contributed by atoms with Crippen LogP contribution in [0.4, 0.5) is 0 Å². The van der Waals surface area contributed by atoms with Gasteiger partial charge in [-0.15, -0.1) is 0 Å². The minimum atomic E-state index is -0.707. The molecule has 0 spiro atoms. The van der Waals surface area contributed by atoms with Crippen molar-refractivity contribution in [1.82, 2.24) is 0 Å². The molecule has 80 valence electrons. The number of rotatable bonds is 4. The predicted molar refractivity (Wildman–Crippen MR) is 57.2 cm³/mol. The Morgan fingerprint density at radius 3 is 2.47 bits per heavy atom. The van der Waals surface area contributed by atoms with Crippen molar-refractivity contribution in [2.45, 2.75) is 12.3 Å². The van der Waals surface area contributed by atoms with Crippen molar-refractivity contribution in [1.29, 1.82) is 0 Å². The lowest BCUT2D eigenvalue weighted by molar-refractivity contribution is -0.124. The first-order valence-electron chi connectivity index (χ1n) is 4.34. The Labute approximate surface area is 92.2 Å². The highest BCUT2D eigenvalue weighted by molar-refractivity contribution is 6.30. The maximum Gasteiger partial charge on any atom is 0.225 e. The van der Waals surface area contributed by atoms with Crippen molar-refractivity contribution in [2.24, 2.45) is 11.5 Å². The fourth-order valence-corrected chi connectivity index (χ4v) is 1.51. The summed E-state index contributed by atoms with van der Waals surface area (Å²) in [6.07, 6.45) is -0.102. The molecule has 4 N–H and O–H groups in total. The maximum atomic E-state index is 11.1. The Morgan fingerprint density at radius 1 is 1.33 bits per heavy atom. The lowest BCUT2D eigenvalue weighted by Crippen LogP contribution is -2.26. The van der Waals surface area contributed by atoms with Crippen LogP contribution in [0.5, 0.6) is 0 Å². The second kappa shape index (κ2) is 4.79. The van der Waals surface area contributed by atoms with E-state index in [-0.39, 0.29) is 6.42 Å². The number of hydrogen-bond acceptors (Lipinski definition) is 2. The van der Waals surface area contributed by atoms with Gasteiger partial charge in [-0.2, -0.15) is 0 Å². The van der Waals surface area contributed by atoms with Crippen LogP contribution in [-0.2, 0) is 9.59 Å². The van der Waals surface area contributed by atoms with Crippen LogP contribution >= 0.6 is 11.6 Å². The first kappa shape index (κ1) is 11.5. The van der Waals surface area contributed by atoms with Gasteiger partial charge in [0.2, 0.25) is 11.8 Å². The van der Waals surface area contributed by atoms with Gasteiger partial charge in [0, 0.05) is 11.4 Å². The number of halogens is 1. The molecule has 0 aliphatic carbocycles. The van der Waals surface area contributed by atoms with E-state index >= 15 is 0 Å². The summed E-state index contributed by atoms with van der Waals surface area (Å²) < 4.78 is 0. The molecule has 0 aliphatic rings. The molecule has 0 heterocycles. The number of benzene rings is 1. The van der Waals surface area contributed by atoms with Crippen LogP contribution in [0.2, 0.25) is 5.02 Å². The fourth-order valence-electron chi connectivity index (χ4n) is 1.31. The number of nitrogens with two attached hydrogens (primary N) is 2. The maximum absolute atomic E-state index is 11.1. The molecule has 0 saturated carbocycles. The Bertz CT molecular complexity index is 393. The highest BCUT2D eigenvalue weighted by Gasteiger charge is 2.20. The van der Waals surface area contributed by atoms with Gasteiger partial charge in [0.25, 0.3) is 0 Å². The molecular formula is C10H11ClN2O2. The molecule has 0 saturated heterocycles. The van der Waals surface area contributed by atoms with Crippen LogP contribution in [0.1, 0.15) is 17.9 Å². The smallest absolute Gasteiger partial charge is 0.225 e. The third-order valence-electron chi connectivity index (χ3n) is 2.00. The number of amides is 2. The Kier molecular flexibility index (Phi) is 3.68. The van der Waals surface area contributed by atoms with Crippen molar-refractivity contribution in [3.63, 3.8) is 0 Å². The van der Waals surface area contributed by atoms with E-state index in [1.807, 2.05) is 0 Å². The van der Waals surface area contributed by atoms with E-state index < -0.39 is 17.7 Å². The number of carbonyl (C=O) groups is 2. The van der Waals surface area contributed by atoms with Crippen molar-refractivity contribution in [2.75, 3.05) is 0 Å². The Hall–Kier alpha value is -1.55. The molecule has 0 aromatic heterocycles. The van der Waals surface area contributed by atoms with Crippen molar-refractivity contribution in [3.05, 3.63) is 34.9 Å². The molecule has 0 bridgehead atoms. The topological polar surface area (TPSA) is 86.2 Å². The molecule has 0 fully saturated rings. The molecule has 1 aromatic carbocycles. The zero-order valence-electron chi connectivity index (χ0n) is 7.94. The van der Waals surface area contributed by atoms with Gasteiger partial charge in [-0.05, 0) is 17.7 Å². The molecule has 4 nitrogen and oxygen atoms in total. The summed E-state index contributed by atoms with van der Waals surface area (Å²) >= 11 is 5.76. The molecule has 2 amide bonds. The third-order valence-corrected chi connectivity index (χ3v) is 2.23.